The molecule has 0 unspecified atom stereocenters. The van der Waals surface area contributed by atoms with E-state index in [4.69, 9.17) is 4.42 Å². The van der Waals surface area contributed by atoms with E-state index >= 15 is 0 Å². The minimum absolute atomic E-state index is 0.189. The first-order valence-electron chi connectivity index (χ1n) is 6.32. The average Bonchev–Trinajstić information content (AvgIpc) is 2.97. The Kier molecular flexibility index (Phi) is 4.75. The van der Waals surface area contributed by atoms with Gasteiger partial charge in [-0.2, -0.15) is 0 Å². The molecule has 2 N–H and O–H groups in total. The molecule has 6 nitrogen and oxygen atoms in total. The second kappa shape index (κ2) is 6.53. The molecule has 0 atom stereocenters. The minimum atomic E-state index is -3.56. The van der Waals surface area contributed by atoms with Crippen LogP contribution in [0, 0.1) is 0 Å². The molecule has 0 aliphatic carbocycles. The maximum atomic E-state index is 12.2. The van der Waals surface area contributed by atoms with Crippen LogP contribution in [0.5, 0.6) is 0 Å². The van der Waals surface area contributed by atoms with Gasteiger partial charge in [0.2, 0.25) is 10.0 Å². The summed E-state index contributed by atoms with van der Waals surface area (Å²) in [5, 5.41) is 3.06. The fraction of sp³-hybridized carbons (Fsp3) is 0.308. The number of hydrogen-bond acceptors (Lipinski definition) is 5. The van der Waals surface area contributed by atoms with E-state index in [2.05, 4.69) is 15.0 Å². The molecular weight excluding hydrogens is 278 g/mol. The van der Waals surface area contributed by atoms with E-state index < -0.39 is 10.0 Å². The lowest BCUT2D eigenvalue weighted by Gasteiger charge is -2.08. The van der Waals surface area contributed by atoms with Gasteiger partial charge in [-0.25, -0.2) is 18.1 Å². The van der Waals surface area contributed by atoms with Gasteiger partial charge in [0.05, 0.1) is 17.4 Å². The van der Waals surface area contributed by atoms with Crippen LogP contribution in [0.25, 0.3) is 0 Å². The Labute approximate surface area is 118 Å². The minimum Gasteiger partial charge on any atom is -0.472 e. The molecule has 0 amide bonds. The van der Waals surface area contributed by atoms with Crippen molar-refractivity contribution in [1.82, 2.24) is 9.71 Å². The molecule has 108 valence electrons. The number of hydrogen-bond donors (Lipinski definition) is 2. The summed E-state index contributed by atoms with van der Waals surface area (Å²) >= 11 is 0. The molecule has 0 aliphatic rings. The highest BCUT2D eigenvalue weighted by atomic mass is 32.2. The van der Waals surface area contributed by atoms with Crippen molar-refractivity contribution in [3.05, 3.63) is 42.5 Å². The van der Waals surface area contributed by atoms with Crippen molar-refractivity contribution in [1.29, 1.82) is 0 Å². The predicted molar refractivity (Wildman–Crippen MR) is 75.8 cm³/mol. The van der Waals surface area contributed by atoms with Gasteiger partial charge in [-0.05, 0) is 18.6 Å². The Morgan fingerprint density at radius 3 is 2.90 bits per heavy atom. The third kappa shape index (κ3) is 3.82. The Bertz CT molecular complexity index is 639. The molecule has 7 heteroatoms. The van der Waals surface area contributed by atoms with Crippen LogP contribution >= 0.6 is 0 Å². The Balaban J connectivity index is 2.08. The van der Waals surface area contributed by atoms with Crippen LogP contribution in [0.2, 0.25) is 0 Å². The molecule has 0 spiro atoms. The molecule has 0 radical (unpaired) electrons. The number of sulfonamides is 1. The third-order valence-electron chi connectivity index (χ3n) is 2.64. The summed E-state index contributed by atoms with van der Waals surface area (Å²) in [6.07, 6.45) is 5.42. The second-order valence-corrected chi connectivity index (χ2v) is 6.03. The van der Waals surface area contributed by atoms with Gasteiger partial charge in [0.15, 0.2) is 0 Å². The first-order chi connectivity index (χ1) is 9.62. The molecule has 2 rings (SSSR count). The van der Waals surface area contributed by atoms with Crippen LogP contribution < -0.4 is 10.0 Å². The molecule has 2 aromatic rings. The van der Waals surface area contributed by atoms with Crippen molar-refractivity contribution in [2.24, 2.45) is 0 Å². The maximum Gasteiger partial charge on any atom is 0.241 e. The van der Waals surface area contributed by atoms with Crippen LogP contribution in [0.4, 0.5) is 5.82 Å². The zero-order valence-electron chi connectivity index (χ0n) is 11.2. The topological polar surface area (TPSA) is 84.2 Å². The second-order valence-electron chi connectivity index (χ2n) is 4.26. The van der Waals surface area contributed by atoms with Crippen molar-refractivity contribution < 1.29 is 12.8 Å². The Hall–Kier alpha value is -1.86. The van der Waals surface area contributed by atoms with E-state index in [0.717, 1.165) is 18.5 Å². The fourth-order valence-corrected chi connectivity index (χ4v) is 2.61. The monoisotopic (exact) mass is 295 g/mol. The first kappa shape index (κ1) is 14.5. The van der Waals surface area contributed by atoms with Crippen molar-refractivity contribution >= 4 is 15.8 Å². The summed E-state index contributed by atoms with van der Waals surface area (Å²) in [6, 6.07) is 4.70. The molecule has 0 aromatic carbocycles. The molecule has 2 aromatic heterocycles. The standard InChI is InChI=1S/C13H17N3O3S/c1-2-5-14-13-8-12(3-6-15-13)20(17,18)16-9-11-4-7-19-10-11/h3-4,6-8,10,16H,2,5,9H2,1H3,(H,14,15). The highest BCUT2D eigenvalue weighted by Gasteiger charge is 2.14. The quantitative estimate of drug-likeness (QED) is 0.816. The van der Waals surface area contributed by atoms with E-state index in [1.165, 1.54) is 30.9 Å². The van der Waals surface area contributed by atoms with Crippen LogP contribution in [0.1, 0.15) is 18.9 Å². The van der Waals surface area contributed by atoms with Gasteiger partial charge in [0, 0.05) is 30.9 Å². The average molecular weight is 295 g/mol. The Morgan fingerprint density at radius 2 is 2.20 bits per heavy atom. The van der Waals surface area contributed by atoms with E-state index in [-0.39, 0.29) is 11.4 Å². The van der Waals surface area contributed by atoms with E-state index in [1.54, 1.807) is 6.07 Å². The maximum absolute atomic E-state index is 12.2. The van der Waals surface area contributed by atoms with Gasteiger partial charge in [-0.3, -0.25) is 0 Å². The van der Waals surface area contributed by atoms with E-state index in [1.807, 2.05) is 6.92 Å². The van der Waals surface area contributed by atoms with Crippen molar-refractivity contribution in [3.63, 3.8) is 0 Å². The molecule has 0 saturated carbocycles. The molecule has 0 bridgehead atoms. The summed E-state index contributed by atoms with van der Waals surface area (Å²) in [5.41, 5.74) is 0.770. The molecule has 0 fully saturated rings. The highest BCUT2D eigenvalue weighted by Crippen LogP contribution is 2.13. The van der Waals surface area contributed by atoms with Gasteiger partial charge in [0.1, 0.15) is 5.82 Å². The smallest absolute Gasteiger partial charge is 0.241 e. The van der Waals surface area contributed by atoms with Crippen LogP contribution in [-0.2, 0) is 16.6 Å². The van der Waals surface area contributed by atoms with Gasteiger partial charge in [-0.15, -0.1) is 0 Å². The lowest BCUT2D eigenvalue weighted by Crippen LogP contribution is -2.23. The van der Waals surface area contributed by atoms with Crippen LogP contribution in [0.15, 0.2) is 46.2 Å². The van der Waals surface area contributed by atoms with Crippen LogP contribution in [0.3, 0.4) is 0 Å². The van der Waals surface area contributed by atoms with E-state index in [9.17, 15) is 8.42 Å². The number of nitrogens with zero attached hydrogens (tertiary/aromatic N) is 1. The third-order valence-corrected chi connectivity index (χ3v) is 4.04. The number of rotatable bonds is 7. The molecule has 0 saturated heterocycles. The lowest BCUT2D eigenvalue weighted by molar-refractivity contribution is 0.561. The van der Waals surface area contributed by atoms with E-state index in [0.29, 0.717) is 5.82 Å². The first-order valence-corrected chi connectivity index (χ1v) is 7.81. The van der Waals surface area contributed by atoms with Crippen molar-refractivity contribution in [3.8, 4) is 0 Å². The normalized spacial score (nSPS) is 11.4. The Morgan fingerprint density at radius 1 is 1.35 bits per heavy atom. The van der Waals surface area contributed by atoms with Gasteiger partial charge in [-0.1, -0.05) is 6.92 Å². The van der Waals surface area contributed by atoms with Gasteiger partial charge in [0.25, 0.3) is 0 Å². The number of furan rings is 1. The zero-order chi connectivity index (χ0) is 14.4. The SMILES string of the molecule is CCCNc1cc(S(=O)(=O)NCc2ccoc2)ccn1. The summed E-state index contributed by atoms with van der Waals surface area (Å²) in [7, 11) is -3.56. The van der Waals surface area contributed by atoms with Gasteiger partial charge < -0.3 is 9.73 Å². The fourth-order valence-electron chi connectivity index (χ4n) is 1.58. The molecule has 2 heterocycles. The number of nitrogens with one attached hydrogen (secondary N) is 2. The summed E-state index contributed by atoms with van der Waals surface area (Å²) in [4.78, 5) is 4.27. The van der Waals surface area contributed by atoms with Crippen molar-refractivity contribution in [2.75, 3.05) is 11.9 Å². The van der Waals surface area contributed by atoms with Crippen molar-refractivity contribution in [2.45, 2.75) is 24.8 Å². The predicted octanol–water partition coefficient (Wildman–Crippen LogP) is 1.97. The molecule has 20 heavy (non-hydrogen) atoms. The van der Waals surface area contributed by atoms with Crippen LogP contribution in [-0.4, -0.2) is 19.9 Å². The number of anilines is 1. The summed E-state index contributed by atoms with van der Waals surface area (Å²) in [5.74, 6) is 0.554. The number of pyridine rings is 1. The molecular formula is C13H17N3O3S. The lowest BCUT2D eigenvalue weighted by atomic mass is 10.4. The number of aromatic nitrogens is 1. The summed E-state index contributed by atoms with van der Waals surface area (Å²) in [6.45, 7) is 2.97. The van der Waals surface area contributed by atoms with Gasteiger partial charge >= 0.3 is 0 Å². The zero-order valence-corrected chi connectivity index (χ0v) is 12.0. The largest absolute Gasteiger partial charge is 0.472 e. The molecule has 0 aliphatic heterocycles. The summed E-state index contributed by atoms with van der Waals surface area (Å²) < 4.78 is 31.7. The highest BCUT2D eigenvalue weighted by molar-refractivity contribution is 7.89.